The third kappa shape index (κ3) is 5.48. The number of aromatic nitrogens is 1. The molecule has 1 aromatic carbocycles. The predicted octanol–water partition coefficient (Wildman–Crippen LogP) is 3.87. The fourth-order valence-corrected chi connectivity index (χ4v) is 4.25. The summed E-state index contributed by atoms with van der Waals surface area (Å²) in [5.74, 6) is 0.698. The van der Waals surface area contributed by atoms with Crippen LogP contribution in [-0.2, 0) is 20.8 Å². The van der Waals surface area contributed by atoms with Gasteiger partial charge in [-0.2, -0.15) is 0 Å². The van der Waals surface area contributed by atoms with Crippen molar-refractivity contribution in [1.29, 1.82) is 0 Å². The van der Waals surface area contributed by atoms with Crippen LogP contribution in [0.25, 0.3) is 11.3 Å². The Hall–Kier alpha value is -2.45. The topological polar surface area (TPSA) is 68.0 Å². The lowest BCUT2D eigenvalue weighted by atomic mass is 10.0. The van der Waals surface area contributed by atoms with Gasteiger partial charge in [0.05, 0.1) is 31.4 Å². The molecule has 7 nitrogen and oxygen atoms in total. The highest BCUT2D eigenvalue weighted by atomic mass is 19.1. The summed E-state index contributed by atoms with van der Waals surface area (Å²) >= 11 is 0. The number of anilines is 1. The fourth-order valence-electron chi connectivity index (χ4n) is 4.25. The molecule has 0 unspecified atom stereocenters. The Morgan fingerprint density at radius 2 is 1.97 bits per heavy atom. The minimum Gasteiger partial charge on any atom is -0.378 e. The Balaban J connectivity index is 1.67. The molecule has 0 spiro atoms. The summed E-state index contributed by atoms with van der Waals surface area (Å²) in [5.41, 5.74) is 2.24. The first-order chi connectivity index (χ1) is 15.5. The Kier molecular flexibility index (Phi) is 7.42. The molecule has 1 atom stereocenters. The zero-order valence-corrected chi connectivity index (χ0v) is 18.9. The van der Waals surface area contributed by atoms with Crippen molar-refractivity contribution in [1.82, 2.24) is 10.1 Å². The second kappa shape index (κ2) is 10.4. The summed E-state index contributed by atoms with van der Waals surface area (Å²) in [7, 11) is 0. The number of rotatable bonds is 8. The summed E-state index contributed by atoms with van der Waals surface area (Å²) < 4.78 is 30.7. The zero-order valence-electron chi connectivity index (χ0n) is 18.9. The molecule has 2 saturated heterocycles. The van der Waals surface area contributed by atoms with Crippen molar-refractivity contribution in [3.8, 4) is 11.3 Å². The van der Waals surface area contributed by atoms with E-state index in [1.807, 2.05) is 18.7 Å². The fraction of sp³-hybridized carbons (Fsp3) is 0.583. The van der Waals surface area contributed by atoms with Crippen LogP contribution in [0.5, 0.6) is 0 Å². The smallest absolute Gasteiger partial charge is 0.233 e. The van der Waals surface area contributed by atoms with Gasteiger partial charge in [0, 0.05) is 38.2 Å². The molecular formula is C24H32FN3O4. The zero-order chi connectivity index (χ0) is 22.5. The molecule has 0 bridgehead atoms. The van der Waals surface area contributed by atoms with Crippen LogP contribution in [0.4, 0.5) is 10.3 Å². The third-order valence-corrected chi connectivity index (χ3v) is 5.92. The average molecular weight is 446 g/mol. The lowest BCUT2D eigenvalue weighted by molar-refractivity contribution is -0.134. The Labute approximate surface area is 188 Å². The molecule has 2 aromatic rings. The molecule has 0 aliphatic carbocycles. The van der Waals surface area contributed by atoms with Crippen molar-refractivity contribution < 1.29 is 23.2 Å². The predicted molar refractivity (Wildman–Crippen MR) is 119 cm³/mol. The van der Waals surface area contributed by atoms with Crippen LogP contribution in [0.1, 0.15) is 38.7 Å². The van der Waals surface area contributed by atoms with E-state index in [1.165, 1.54) is 12.1 Å². The van der Waals surface area contributed by atoms with Gasteiger partial charge >= 0.3 is 0 Å². The number of hydrogen-bond donors (Lipinski definition) is 0. The van der Waals surface area contributed by atoms with Crippen molar-refractivity contribution in [2.75, 3.05) is 44.4 Å². The number of morpholine rings is 1. The van der Waals surface area contributed by atoms with E-state index in [4.69, 9.17) is 14.0 Å². The van der Waals surface area contributed by atoms with E-state index in [-0.39, 0.29) is 23.7 Å². The van der Waals surface area contributed by atoms with Gasteiger partial charge in [0.25, 0.3) is 0 Å². The average Bonchev–Trinajstić information content (AvgIpc) is 3.44. The molecule has 1 amide bonds. The number of ether oxygens (including phenoxy) is 2. The summed E-state index contributed by atoms with van der Waals surface area (Å²) in [6.07, 6.45) is 2.49. The normalized spacial score (nSPS) is 19.0. The Morgan fingerprint density at radius 3 is 2.62 bits per heavy atom. The van der Waals surface area contributed by atoms with Crippen LogP contribution < -0.4 is 4.90 Å². The lowest BCUT2D eigenvalue weighted by Gasteiger charge is -2.29. The van der Waals surface area contributed by atoms with Crippen molar-refractivity contribution in [2.24, 2.45) is 5.92 Å². The summed E-state index contributed by atoms with van der Waals surface area (Å²) in [4.78, 5) is 17.2. The molecule has 0 radical (unpaired) electrons. The highest BCUT2D eigenvalue weighted by molar-refractivity contribution is 5.77. The van der Waals surface area contributed by atoms with Crippen LogP contribution in [0, 0.1) is 11.7 Å². The number of amides is 1. The highest BCUT2D eigenvalue weighted by Crippen LogP contribution is 2.33. The van der Waals surface area contributed by atoms with E-state index >= 15 is 0 Å². The SMILES string of the molecule is CC(C)CC(=O)N(Cc1c(-c2ccc(F)cc2)noc1N1CCOCC1)C[C@@H]1CCCO1. The van der Waals surface area contributed by atoms with Crippen LogP contribution in [-0.4, -0.2) is 61.5 Å². The Morgan fingerprint density at radius 1 is 1.22 bits per heavy atom. The van der Waals surface area contributed by atoms with Gasteiger partial charge in [-0.05, 0) is 43.0 Å². The minimum atomic E-state index is -0.306. The maximum absolute atomic E-state index is 13.5. The molecule has 174 valence electrons. The van der Waals surface area contributed by atoms with Crippen LogP contribution in [0.2, 0.25) is 0 Å². The molecule has 3 heterocycles. The minimum absolute atomic E-state index is 0.0482. The van der Waals surface area contributed by atoms with Gasteiger partial charge in [0.1, 0.15) is 11.5 Å². The first-order valence-electron chi connectivity index (χ1n) is 11.5. The number of hydrogen-bond acceptors (Lipinski definition) is 6. The van der Waals surface area contributed by atoms with Gasteiger partial charge in [-0.3, -0.25) is 4.79 Å². The van der Waals surface area contributed by atoms with E-state index < -0.39 is 0 Å². The molecule has 32 heavy (non-hydrogen) atoms. The highest BCUT2D eigenvalue weighted by Gasteiger charge is 2.29. The standard InChI is InChI=1S/C24H32FN3O4/c1-17(2)14-22(29)28(15-20-4-3-11-31-20)16-21-23(18-5-7-19(25)8-6-18)26-32-24(21)27-9-12-30-13-10-27/h5-8,17,20H,3-4,9-16H2,1-2H3/t20-/m0/s1. The monoisotopic (exact) mass is 445 g/mol. The second-order valence-electron chi connectivity index (χ2n) is 8.93. The van der Waals surface area contributed by atoms with Gasteiger partial charge in [-0.15, -0.1) is 0 Å². The van der Waals surface area contributed by atoms with Crippen molar-refractivity contribution in [3.05, 3.63) is 35.6 Å². The molecule has 1 aromatic heterocycles. The van der Waals surface area contributed by atoms with E-state index in [1.54, 1.807) is 12.1 Å². The van der Waals surface area contributed by atoms with E-state index in [9.17, 15) is 9.18 Å². The molecular weight excluding hydrogens is 413 g/mol. The third-order valence-electron chi connectivity index (χ3n) is 5.92. The lowest BCUT2D eigenvalue weighted by Crippen LogP contribution is -2.39. The van der Waals surface area contributed by atoms with Crippen LogP contribution in [0.15, 0.2) is 28.8 Å². The van der Waals surface area contributed by atoms with Crippen LogP contribution in [0.3, 0.4) is 0 Å². The number of nitrogens with zero attached hydrogens (tertiary/aromatic N) is 3. The van der Waals surface area contributed by atoms with Crippen LogP contribution >= 0.6 is 0 Å². The Bertz CT molecular complexity index is 887. The van der Waals surface area contributed by atoms with Gasteiger partial charge in [-0.1, -0.05) is 19.0 Å². The molecule has 2 aliphatic rings. The molecule has 0 N–H and O–H groups in total. The quantitative estimate of drug-likeness (QED) is 0.615. The molecule has 2 aliphatic heterocycles. The van der Waals surface area contributed by atoms with Crippen molar-refractivity contribution >= 4 is 11.8 Å². The first-order valence-corrected chi connectivity index (χ1v) is 11.5. The van der Waals surface area contributed by atoms with E-state index in [2.05, 4.69) is 10.1 Å². The number of carbonyl (C=O) groups is 1. The van der Waals surface area contributed by atoms with Crippen molar-refractivity contribution in [3.63, 3.8) is 0 Å². The molecule has 2 fully saturated rings. The van der Waals surface area contributed by atoms with Gasteiger partial charge < -0.3 is 23.8 Å². The first kappa shape index (κ1) is 22.7. The van der Waals surface area contributed by atoms with Gasteiger partial charge in [0.15, 0.2) is 0 Å². The van der Waals surface area contributed by atoms with Gasteiger partial charge in [-0.25, -0.2) is 4.39 Å². The van der Waals surface area contributed by atoms with E-state index in [0.29, 0.717) is 57.4 Å². The van der Waals surface area contributed by atoms with Gasteiger partial charge in [0.2, 0.25) is 11.8 Å². The number of carbonyl (C=O) groups excluding carboxylic acids is 1. The molecule has 4 rings (SSSR count). The van der Waals surface area contributed by atoms with E-state index in [0.717, 1.165) is 30.6 Å². The molecule has 0 saturated carbocycles. The summed E-state index contributed by atoms with van der Waals surface area (Å²) in [6.45, 7) is 8.35. The molecule has 8 heteroatoms. The summed E-state index contributed by atoms with van der Waals surface area (Å²) in [6, 6.07) is 6.22. The van der Waals surface area contributed by atoms with Crippen molar-refractivity contribution in [2.45, 2.75) is 45.8 Å². The summed E-state index contributed by atoms with van der Waals surface area (Å²) in [5, 5.41) is 4.35. The maximum Gasteiger partial charge on any atom is 0.233 e. The maximum atomic E-state index is 13.5. The largest absolute Gasteiger partial charge is 0.378 e. The number of halogens is 1. The number of benzene rings is 1. The second-order valence-corrected chi connectivity index (χ2v) is 8.93.